The van der Waals surface area contributed by atoms with Gasteiger partial charge in [0.15, 0.2) is 0 Å². The molecule has 2 amide bonds. The van der Waals surface area contributed by atoms with Crippen molar-refractivity contribution in [2.45, 2.75) is 52.0 Å². The molecular weight excluding hydrogens is 370 g/mol. The van der Waals surface area contributed by atoms with E-state index < -0.39 is 6.09 Å². The van der Waals surface area contributed by atoms with Gasteiger partial charge < -0.3 is 10.0 Å². The van der Waals surface area contributed by atoms with Gasteiger partial charge in [-0.2, -0.15) is 0 Å². The average Bonchev–Trinajstić information content (AvgIpc) is 3.19. The fourth-order valence-corrected chi connectivity index (χ4v) is 4.51. The Labute approximate surface area is 171 Å². The molecule has 1 aromatic rings. The van der Waals surface area contributed by atoms with E-state index in [4.69, 9.17) is 0 Å². The predicted octanol–water partition coefficient (Wildman–Crippen LogP) is 3.07. The number of nitrogens with zero attached hydrogens (tertiary/aromatic N) is 5. The molecule has 1 saturated heterocycles. The van der Waals surface area contributed by atoms with Crippen LogP contribution in [0.1, 0.15) is 46.5 Å². The Morgan fingerprint density at radius 3 is 2.45 bits per heavy atom. The summed E-state index contributed by atoms with van der Waals surface area (Å²) in [5.74, 6) is 0.850. The molecule has 3 aliphatic rings. The Balaban J connectivity index is 1.58. The normalized spacial score (nSPS) is 20.4. The second-order valence-corrected chi connectivity index (χ2v) is 8.88. The summed E-state index contributed by atoms with van der Waals surface area (Å²) in [6, 6.07) is 3.96. The number of hydrogen-bond donors (Lipinski definition) is 1. The van der Waals surface area contributed by atoms with Gasteiger partial charge in [-0.15, -0.1) is 0 Å². The van der Waals surface area contributed by atoms with Gasteiger partial charge in [0.1, 0.15) is 5.82 Å². The highest BCUT2D eigenvalue weighted by Crippen LogP contribution is 2.38. The summed E-state index contributed by atoms with van der Waals surface area (Å²) >= 11 is 0. The number of carboxylic acid groups (broad SMARTS) is 1. The molecule has 0 unspecified atom stereocenters. The van der Waals surface area contributed by atoms with Crippen molar-refractivity contribution in [3.05, 3.63) is 29.6 Å². The predicted molar refractivity (Wildman–Crippen MR) is 111 cm³/mol. The molecule has 0 spiro atoms. The topological polar surface area (TPSA) is 80.2 Å². The van der Waals surface area contributed by atoms with E-state index in [-0.39, 0.29) is 11.4 Å². The van der Waals surface area contributed by atoms with Crippen LogP contribution in [-0.4, -0.2) is 63.7 Å². The first-order valence-electron chi connectivity index (χ1n) is 10.3. The van der Waals surface area contributed by atoms with E-state index in [0.29, 0.717) is 31.7 Å². The lowest BCUT2D eigenvalue weighted by Gasteiger charge is -2.43. The van der Waals surface area contributed by atoms with Crippen LogP contribution >= 0.6 is 0 Å². The Hall–Kier alpha value is -2.77. The van der Waals surface area contributed by atoms with Crippen LogP contribution < -0.4 is 9.91 Å². The second kappa shape index (κ2) is 7.24. The van der Waals surface area contributed by atoms with Crippen molar-refractivity contribution in [2.75, 3.05) is 36.1 Å². The van der Waals surface area contributed by atoms with Crippen LogP contribution in [-0.2, 0) is 4.79 Å². The summed E-state index contributed by atoms with van der Waals surface area (Å²) in [7, 11) is 0. The number of carbonyl (C=O) groups is 2. The van der Waals surface area contributed by atoms with Gasteiger partial charge in [0, 0.05) is 38.2 Å². The van der Waals surface area contributed by atoms with Crippen LogP contribution in [0.2, 0.25) is 0 Å². The van der Waals surface area contributed by atoms with E-state index >= 15 is 0 Å². The van der Waals surface area contributed by atoms with Crippen LogP contribution in [0.25, 0.3) is 0 Å². The summed E-state index contributed by atoms with van der Waals surface area (Å²) in [5.41, 5.74) is 3.35. The molecule has 156 valence electrons. The third-order valence-electron chi connectivity index (χ3n) is 5.83. The quantitative estimate of drug-likeness (QED) is 0.823. The van der Waals surface area contributed by atoms with Crippen molar-refractivity contribution in [2.24, 2.45) is 0 Å². The monoisotopic (exact) mass is 399 g/mol. The van der Waals surface area contributed by atoms with Gasteiger partial charge in [0.05, 0.1) is 24.0 Å². The zero-order valence-electron chi connectivity index (χ0n) is 17.4. The lowest BCUT2D eigenvalue weighted by molar-refractivity contribution is -0.117. The van der Waals surface area contributed by atoms with E-state index in [1.807, 2.05) is 18.3 Å². The SMILES string of the molecule is CC(C)(C)N1C2=C(CCN(C(=O)O)CC2)CN1c1ccc(N2CCCC2=O)nc1. The molecule has 4 heterocycles. The van der Waals surface area contributed by atoms with E-state index in [1.165, 1.54) is 16.2 Å². The van der Waals surface area contributed by atoms with Gasteiger partial charge in [-0.25, -0.2) is 9.78 Å². The molecule has 0 saturated carbocycles. The fourth-order valence-electron chi connectivity index (χ4n) is 4.51. The first-order chi connectivity index (χ1) is 13.8. The van der Waals surface area contributed by atoms with E-state index in [9.17, 15) is 14.7 Å². The Morgan fingerprint density at radius 2 is 1.86 bits per heavy atom. The summed E-state index contributed by atoms with van der Waals surface area (Å²) in [5, 5.41) is 13.9. The number of amides is 2. The smallest absolute Gasteiger partial charge is 0.407 e. The standard InChI is InChI=1S/C21H29N5O3/c1-21(2,3)26-17-9-12-23(20(28)29)11-8-15(17)14-25(26)16-6-7-18(22-13-16)24-10-4-5-19(24)27/h6-7,13H,4-5,8-12,14H2,1-3H3,(H,28,29). The van der Waals surface area contributed by atoms with Crippen LogP contribution in [0.5, 0.6) is 0 Å². The minimum absolute atomic E-state index is 0.138. The number of aromatic nitrogens is 1. The molecule has 3 aliphatic heterocycles. The Morgan fingerprint density at radius 1 is 1.10 bits per heavy atom. The summed E-state index contributed by atoms with van der Waals surface area (Å²) in [6.07, 6.45) is 3.94. The lowest BCUT2D eigenvalue weighted by Crippen LogP contribution is -2.50. The second-order valence-electron chi connectivity index (χ2n) is 8.88. The van der Waals surface area contributed by atoms with Crippen molar-refractivity contribution in [1.29, 1.82) is 0 Å². The van der Waals surface area contributed by atoms with Crippen molar-refractivity contribution < 1.29 is 14.7 Å². The van der Waals surface area contributed by atoms with Gasteiger partial charge in [0.25, 0.3) is 0 Å². The molecule has 8 heteroatoms. The molecule has 1 fully saturated rings. The summed E-state index contributed by atoms with van der Waals surface area (Å²) in [4.78, 5) is 31.2. The number of hydrogen-bond acceptors (Lipinski definition) is 5. The maximum atomic E-state index is 12.0. The van der Waals surface area contributed by atoms with Gasteiger partial charge >= 0.3 is 6.09 Å². The molecule has 0 bridgehead atoms. The molecule has 0 atom stereocenters. The number of hydrazine groups is 1. The highest BCUT2D eigenvalue weighted by molar-refractivity contribution is 5.94. The maximum Gasteiger partial charge on any atom is 0.407 e. The van der Waals surface area contributed by atoms with E-state index in [0.717, 1.165) is 31.6 Å². The van der Waals surface area contributed by atoms with Crippen LogP contribution in [0.15, 0.2) is 29.6 Å². The third kappa shape index (κ3) is 3.63. The number of carbonyl (C=O) groups excluding carboxylic acids is 1. The Bertz CT molecular complexity index is 843. The Kier molecular flexibility index (Phi) is 4.88. The van der Waals surface area contributed by atoms with Crippen molar-refractivity contribution in [3.8, 4) is 0 Å². The highest BCUT2D eigenvalue weighted by atomic mass is 16.4. The average molecular weight is 399 g/mol. The number of rotatable bonds is 2. The molecular formula is C21H29N5O3. The van der Waals surface area contributed by atoms with Gasteiger partial charge in [-0.05, 0) is 51.3 Å². The summed E-state index contributed by atoms with van der Waals surface area (Å²) < 4.78 is 0. The van der Waals surface area contributed by atoms with Gasteiger partial charge in [-0.3, -0.25) is 19.7 Å². The first kappa shape index (κ1) is 19.5. The molecule has 0 aromatic carbocycles. The highest BCUT2D eigenvalue weighted by Gasteiger charge is 2.38. The van der Waals surface area contributed by atoms with Gasteiger partial charge in [-0.1, -0.05) is 0 Å². The van der Waals surface area contributed by atoms with E-state index in [1.54, 1.807) is 4.90 Å². The van der Waals surface area contributed by atoms with Crippen LogP contribution in [0.4, 0.5) is 16.3 Å². The van der Waals surface area contributed by atoms with Crippen molar-refractivity contribution in [3.63, 3.8) is 0 Å². The molecule has 4 rings (SSSR count). The first-order valence-corrected chi connectivity index (χ1v) is 10.3. The van der Waals surface area contributed by atoms with Crippen molar-refractivity contribution >= 4 is 23.5 Å². The molecule has 0 aliphatic carbocycles. The minimum Gasteiger partial charge on any atom is -0.465 e. The molecule has 8 nitrogen and oxygen atoms in total. The largest absolute Gasteiger partial charge is 0.465 e. The molecule has 1 N–H and O–H groups in total. The van der Waals surface area contributed by atoms with E-state index in [2.05, 4.69) is 35.8 Å². The lowest BCUT2D eigenvalue weighted by atomic mass is 10.1. The van der Waals surface area contributed by atoms with Crippen LogP contribution in [0.3, 0.4) is 0 Å². The van der Waals surface area contributed by atoms with Crippen molar-refractivity contribution in [1.82, 2.24) is 14.9 Å². The zero-order chi connectivity index (χ0) is 20.8. The number of pyridine rings is 1. The fraction of sp³-hybridized carbons (Fsp3) is 0.571. The third-order valence-corrected chi connectivity index (χ3v) is 5.83. The van der Waals surface area contributed by atoms with Gasteiger partial charge in [0.2, 0.25) is 5.91 Å². The maximum absolute atomic E-state index is 12.0. The zero-order valence-corrected chi connectivity index (χ0v) is 17.4. The summed E-state index contributed by atoms with van der Waals surface area (Å²) in [6.45, 7) is 9.03. The minimum atomic E-state index is -0.846. The molecule has 1 aromatic heterocycles. The molecule has 0 radical (unpaired) electrons. The number of anilines is 2. The van der Waals surface area contributed by atoms with Crippen LogP contribution in [0, 0.1) is 0 Å². The molecule has 29 heavy (non-hydrogen) atoms.